The van der Waals surface area contributed by atoms with Gasteiger partial charge in [0.25, 0.3) is 0 Å². The number of hydrogen-bond donors (Lipinski definition) is 0. The lowest BCUT2D eigenvalue weighted by Gasteiger charge is -2.11. The fraction of sp³-hybridized carbons (Fsp3) is 0.182. The van der Waals surface area contributed by atoms with Gasteiger partial charge in [0.2, 0.25) is 12.3 Å². The van der Waals surface area contributed by atoms with Gasteiger partial charge in [-0.25, -0.2) is 4.79 Å². The van der Waals surface area contributed by atoms with Crippen LogP contribution in [0.4, 0.5) is 0 Å². The quantitative estimate of drug-likeness (QED) is 0.302. The molecule has 1 heterocycles. The van der Waals surface area contributed by atoms with Crippen molar-refractivity contribution < 1.29 is 18.9 Å². The SMILES string of the molecule is Cc1cc(C)c(OC(=O)c2cncc[n+]2CC(=O)c2ccccc2)c(C)c1. The summed E-state index contributed by atoms with van der Waals surface area (Å²) in [5.41, 5.74) is 3.69. The molecule has 0 radical (unpaired) electrons. The average molecular weight is 361 g/mol. The Kier molecular flexibility index (Phi) is 5.41. The fourth-order valence-electron chi connectivity index (χ4n) is 3.04. The molecule has 0 atom stereocenters. The Labute approximate surface area is 158 Å². The molecule has 3 rings (SSSR count). The molecule has 0 saturated carbocycles. The minimum Gasteiger partial charge on any atom is -0.418 e. The number of benzene rings is 2. The van der Waals surface area contributed by atoms with Crippen LogP contribution in [-0.4, -0.2) is 16.7 Å². The lowest BCUT2D eigenvalue weighted by molar-refractivity contribution is -0.686. The van der Waals surface area contributed by atoms with Crippen molar-refractivity contribution in [1.29, 1.82) is 0 Å². The highest BCUT2D eigenvalue weighted by molar-refractivity contribution is 5.95. The van der Waals surface area contributed by atoms with Gasteiger partial charge in [-0.3, -0.25) is 9.78 Å². The first-order valence-corrected chi connectivity index (χ1v) is 8.67. The normalized spacial score (nSPS) is 10.5. The number of carbonyl (C=O) groups excluding carboxylic acids is 2. The molecule has 5 nitrogen and oxygen atoms in total. The third-order valence-electron chi connectivity index (χ3n) is 4.26. The Morgan fingerprint density at radius 2 is 1.70 bits per heavy atom. The van der Waals surface area contributed by atoms with E-state index in [1.54, 1.807) is 22.9 Å². The Morgan fingerprint density at radius 1 is 1.04 bits per heavy atom. The number of Topliss-reactive ketones (excluding diaryl/α,β-unsaturated/α-hetero) is 1. The monoisotopic (exact) mass is 361 g/mol. The Bertz CT molecular complexity index is 974. The molecule has 0 aliphatic rings. The van der Waals surface area contributed by atoms with Gasteiger partial charge in [0, 0.05) is 5.56 Å². The number of carbonyl (C=O) groups is 2. The molecular formula is C22H21N2O3+. The van der Waals surface area contributed by atoms with E-state index in [0.29, 0.717) is 11.3 Å². The van der Waals surface area contributed by atoms with Gasteiger partial charge in [0.05, 0.1) is 6.20 Å². The summed E-state index contributed by atoms with van der Waals surface area (Å²) in [5, 5.41) is 0. The fourth-order valence-corrected chi connectivity index (χ4v) is 3.04. The summed E-state index contributed by atoms with van der Waals surface area (Å²) in [6.07, 6.45) is 4.56. The summed E-state index contributed by atoms with van der Waals surface area (Å²) >= 11 is 0. The maximum Gasteiger partial charge on any atom is 0.410 e. The van der Waals surface area contributed by atoms with Crippen LogP contribution in [0, 0.1) is 20.8 Å². The van der Waals surface area contributed by atoms with Crippen molar-refractivity contribution in [3.8, 4) is 5.75 Å². The summed E-state index contributed by atoms with van der Waals surface area (Å²) in [6, 6.07) is 12.9. The summed E-state index contributed by atoms with van der Waals surface area (Å²) in [6.45, 7) is 5.83. The summed E-state index contributed by atoms with van der Waals surface area (Å²) in [5.74, 6) is -0.0991. The van der Waals surface area contributed by atoms with Crippen LogP contribution in [0.15, 0.2) is 61.1 Å². The van der Waals surface area contributed by atoms with Gasteiger partial charge in [0.15, 0.2) is 6.20 Å². The van der Waals surface area contributed by atoms with Crippen LogP contribution >= 0.6 is 0 Å². The highest BCUT2D eigenvalue weighted by atomic mass is 16.5. The first-order chi connectivity index (χ1) is 13.0. The van der Waals surface area contributed by atoms with Gasteiger partial charge in [-0.2, -0.15) is 4.57 Å². The van der Waals surface area contributed by atoms with Crippen LogP contribution in [-0.2, 0) is 6.54 Å². The van der Waals surface area contributed by atoms with Gasteiger partial charge in [-0.15, -0.1) is 0 Å². The van der Waals surface area contributed by atoms with Crippen LogP contribution in [0.25, 0.3) is 0 Å². The van der Waals surface area contributed by atoms with Gasteiger partial charge >= 0.3 is 11.7 Å². The summed E-state index contributed by atoms with van der Waals surface area (Å²) in [7, 11) is 0. The second kappa shape index (κ2) is 7.91. The van der Waals surface area contributed by atoms with Crippen molar-refractivity contribution >= 4 is 11.8 Å². The number of aryl methyl sites for hydroxylation is 3. The Balaban J connectivity index is 1.85. The van der Waals surface area contributed by atoms with E-state index >= 15 is 0 Å². The van der Waals surface area contributed by atoms with Crippen molar-refractivity contribution in [3.63, 3.8) is 0 Å². The first-order valence-electron chi connectivity index (χ1n) is 8.67. The van der Waals surface area contributed by atoms with E-state index in [1.165, 1.54) is 12.4 Å². The molecule has 0 fully saturated rings. The highest BCUT2D eigenvalue weighted by Gasteiger charge is 2.25. The van der Waals surface area contributed by atoms with Crippen LogP contribution in [0.3, 0.4) is 0 Å². The van der Waals surface area contributed by atoms with Crippen molar-refractivity contribution in [1.82, 2.24) is 4.98 Å². The topological polar surface area (TPSA) is 60.1 Å². The number of hydrogen-bond acceptors (Lipinski definition) is 4. The standard InChI is InChI=1S/C22H21N2O3/c1-15-11-16(2)21(17(3)12-15)27-22(26)19-13-23-9-10-24(19)14-20(25)18-7-5-4-6-8-18/h4-13H,14H2,1-3H3/q+1. The van der Waals surface area contributed by atoms with Crippen molar-refractivity contribution in [2.24, 2.45) is 0 Å². The van der Waals surface area contributed by atoms with E-state index in [4.69, 9.17) is 4.74 Å². The number of rotatable bonds is 5. The molecule has 0 unspecified atom stereocenters. The van der Waals surface area contributed by atoms with Crippen LogP contribution in [0.1, 0.15) is 37.5 Å². The van der Waals surface area contributed by atoms with Gasteiger partial charge in [-0.05, 0) is 31.9 Å². The maximum atomic E-state index is 12.7. The van der Waals surface area contributed by atoms with Crippen molar-refractivity contribution in [3.05, 3.63) is 89.0 Å². The minimum atomic E-state index is -0.543. The van der Waals surface area contributed by atoms with Gasteiger partial charge in [-0.1, -0.05) is 48.0 Å². The van der Waals surface area contributed by atoms with Crippen LogP contribution < -0.4 is 9.30 Å². The van der Waals surface area contributed by atoms with E-state index in [1.807, 2.05) is 51.1 Å². The molecule has 1 aromatic heterocycles. The lowest BCUT2D eigenvalue weighted by Crippen LogP contribution is -2.44. The first kappa shape index (κ1) is 18.5. The molecule has 0 bridgehead atoms. The van der Waals surface area contributed by atoms with Crippen molar-refractivity contribution in [2.75, 3.05) is 0 Å². The maximum absolute atomic E-state index is 12.7. The van der Waals surface area contributed by atoms with E-state index in [-0.39, 0.29) is 18.0 Å². The Hall–Kier alpha value is -3.34. The number of nitrogens with zero attached hydrogens (tertiary/aromatic N) is 2. The molecule has 0 amide bonds. The number of ether oxygens (including phenoxy) is 1. The molecule has 136 valence electrons. The number of esters is 1. The van der Waals surface area contributed by atoms with E-state index in [2.05, 4.69) is 4.98 Å². The van der Waals surface area contributed by atoms with Crippen LogP contribution in [0.2, 0.25) is 0 Å². The predicted molar refractivity (Wildman–Crippen MR) is 101 cm³/mol. The molecule has 27 heavy (non-hydrogen) atoms. The van der Waals surface area contributed by atoms with Gasteiger partial charge in [0.1, 0.15) is 11.9 Å². The number of aromatic nitrogens is 2. The average Bonchev–Trinajstić information content (AvgIpc) is 2.65. The second-order valence-electron chi connectivity index (χ2n) is 6.50. The zero-order valence-corrected chi connectivity index (χ0v) is 15.6. The third-order valence-corrected chi connectivity index (χ3v) is 4.26. The van der Waals surface area contributed by atoms with Gasteiger partial charge < -0.3 is 4.74 Å². The molecule has 0 aliphatic heterocycles. The lowest BCUT2D eigenvalue weighted by atomic mass is 10.1. The van der Waals surface area contributed by atoms with E-state index in [9.17, 15) is 9.59 Å². The Morgan fingerprint density at radius 3 is 2.37 bits per heavy atom. The summed E-state index contributed by atoms with van der Waals surface area (Å²) in [4.78, 5) is 29.3. The molecular weight excluding hydrogens is 340 g/mol. The van der Waals surface area contributed by atoms with Crippen molar-refractivity contribution in [2.45, 2.75) is 27.3 Å². The summed E-state index contributed by atoms with van der Waals surface area (Å²) < 4.78 is 7.19. The molecule has 2 aromatic carbocycles. The highest BCUT2D eigenvalue weighted by Crippen LogP contribution is 2.25. The predicted octanol–water partition coefficient (Wildman–Crippen LogP) is 3.40. The molecule has 0 N–H and O–H groups in total. The largest absolute Gasteiger partial charge is 0.418 e. The molecule has 0 aliphatic carbocycles. The van der Waals surface area contributed by atoms with E-state index in [0.717, 1.165) is 16.7 Å². The smallest absolute Gasteiger partial charge is 0.410 e. The van der Waals surface area contributed by atoms with Crippen LogP contribution in [0.5, 0.6) is 5.75 Å². The number of ketones is 1. The molecule has 0 saturated heterocycles. The molecule has 5 heteroatoms. The minimum absolute atomic E-state index is 0.0306. The zero-order chi connectivity index (χ0) is 19.4. The van der Waals surface area contributed by atoms with E-state index < -0.39 is 5.97 Å². The molecule has 3 aromatic rings. The second-order valence-corrected chi connectivity index (χ2v) is 6.50. The third kappa shape index (κ3) is 4.26. The zero-order valence-electron chi connectivity index (χ0n) is 15.6. The molecule has 0 spiro atoms.